The van der Waals surface area contributed by atoms with Crippen LogP contribution in [0.25, 0.3) is 0 Å². The summed E-state index contributed by atoms with van der Waals surface area (Å²) in [4.78, 5) is 3.66. The predicted octanol–water partition coefficient (Wildman–Crippen LogP) is 2.61. The Bertz CT molecular complexity index is 624. The lowest BCUT2D eigenvalue weighted by Crippen LogP contribution is -2.45. The molecule has 1 aliphatic rings. The second-order valence-corrected chi connectivity index (χ2v) is 8.23. The summed E-state index contributed by atoms with van der Waals surface area (Å²) in [5.74, 6) is 0.389. The number of aliphatic hydroxyl groups is 1. The molecule has 21 heavy (non-hydrogen) atoms. The predicted molar refractivity (Wildman–Crippen MR) is 82.0 cm³/mol. The van der Waals surface area contributed by atoms with Gasteiger partial charge in [0.05, 0.1) is 10.6 Å². The molecule has 5 nitrogen and oxygen atoms in total. The Morgan fingerprint density at radius 3 is 2.86 bits per heavy atom. The minimum absolute atomic E-state index is 0.0140. The van der Waals surface area contributed by atoms with Gasteiger partial charge in [0.15, 0.2) is 0 Å². The third kappa shape index (κ3) is 4.29. The van der Waals surface area contributed by atoms with E-state index in [9.17, 15) is 13.5 Å². The number of pyridine rings is 1. The Morgan fingerprint density at radius 2 is 2.24 bits per heavy atom. The minimum Gasteiger partial charge on any atom is -0.389 e. The van der Waals surface area contributed by atoms with E-state index in [4.69, 9.17) is 23.2 Å². The molecule has 2 rings (SSSR count). The van der Waals surface area contributed by atoms with Gasteiger partial charge in [-0.3, -0.25) is 0 Å². The van der Waals surface area contributed by atoms with Crippen LogP contribution in [0.2, 0.25) is 10.2 Å². The summed E-state index contributed by atoms with van der Waals surface area (Å²) in [6.45, 7) is 2.04. The van der Waals surface area contributed by atoms with Crippen molar-refractivity contribution in [3.05, 3.63) is 22.4 Å². The van der Waals surface area contributed by atoms with E-state index in [1.807, 2.05) is 0 Å². The molecule has 118 valence electrons. The zero-order chi connectivity index (χ0) is 15.7. The van der Waals surface area contributed by atoms with Crippen LogP contribution in [0.15, 0.2) is 17.2 Å². The average Bonchev–Trinajstić information content (AvgIpc) is 2.40. The summed E-state index contributed by atoms with van der Waals surface area (Å²) in [6, 6.07) is 1.24. The van der Waals surface area contributed by atoms with Crippen molar-refractivity contribution in [1.82, 2.24) is 9.71 Å². The molecule has 8 heteroatoms. The smallest absolute Gasteiger partial charge is 0.242 e. The maximum absolute atomic E-state index is 12.2. The van der Waals surface area contributed by atoms with E-state index < -0.39 is 15.6 Å². The fraction of sp³-hybridized carbons (Fsp3) is 0.615. The van der Waals surface area contributed by atoms with Crippen LogP contribution in [0, 0.1) is 5.92 Å². The van der Waals surface area contributed by atoms with E-state index in [1.165, 1.54) is 6.07 Å². The van der Waals surface area contributed by atoms with Gasteiger partial charge in [-0.1, -0.05) is 43.0 Å². The quantitative estimate of drug-likeness (QED) is 0.816. The van der Waals surface area contributed by atoms with Crippen molar-refractivity contribution in [1.29, 1.82) is 0 Å². The molecule has 2 N–H and O–H groups in total. The third-order valence-electron chi connectivity index (χ3n) is 3.74. The van der Waals surface area contributed by atoms with Gasteiger partial charge in [0.1, 0.15) is 10.0 Å². The highest BCUT2D eigenvalue weighted by atomic mass is 35.5. The minimum atomic E-state index is -3.77. The lowest BCUT2D eigenvalue weighted by atomic mass is 9.79. The summed E-state index contributed by atoms with van der Waals surface area (Å²) in [5, 5.41) is 10.6. The first-order chi connectivity index (χ1) is 9.72. The van der Waals surface area contributed by atoms with Crippen molar-refractivity contribution in [3.8, 4) is 0 Å². The highest BCUT2D eigenvalue weighted by Gasteiger charge is 2.34. The molecule has 0 spiro atoms. The van der Waals surface area contributed by atoms with E-state index >= 15 is 0 Å². The maximum atomic E-state index is 12.2. The van der Waals surface area contributed by atoms with Crippen molar-refractivity contribution in [2.24, 2.45) is 5.92 Å². The second kappa shape index (κ2) is 6.38. The summed E-state index contributed by atoms with van der Waals surface area (Å²) < 4.78 is 26.8. The van der Waals surface area contributed by atoms with E-state index in [0.717, 1.165) is 19.0 Å². The molecule has 1 aliphatic carbocycles. The van der Waals surface area contributed by atoms with Crippen LogP contribution in [0.3, 0.4) is 0 Å². The van der Waals surface area contributed by atoms with Gasteiger partial charge in [0.25, 0.3) is 0 Å². The molecule has 1 saturated carbocycles. The molecule has 1 aromatic rings. The maximum Gasteiger partial charge on any atom is 0.242 e. The van der Waals surface area contributed by atoms with Crippen molar-refractivity contribution >= 4 is 33.2 Å². The first-order valence-electron chi connectivity index (χ1n) is 6.75. The SMILES string of the molecule is CC1CCCC(O)(CNS(=O)(=O)c2cnc(Cl)c(Cl)c2)C1. The average molecular weight is 353 g/mol. The van der Waals surface area contributed by atoms with Gasteiger partial charge in [0, 0.05) is 12.7 Å². The topological polar surface area (TPSA) is 79.3 Å². The molecule has 0 amide bonds. The molecule has 0 radical (unpaired) electrons. The number of nitrogens with one attached hydrogen (secondary N) is 1. The molecule has 1 aromatic heterocycles. The second-order valence-electron chi connectivity index (χ2n) is 5.69. The van der Waals surface area contributed by atoms with Crippen molar-refractivity contribution in [2.45, 2.75) is 43.1 Å². The van der Waals surface area contributed by atoms with E-state index in [0.29, 0.717) is 18.8 Å². The number of rotatable bonds is 4. The largest absolute Gasteiger partial charge is 0.389 e. The number of hydrogen-bond donors (Lipinski definition) is 2. The molecule has 0 bridgehead atoms. The number of halogens is 2. The molecular formula is C13H18Cl2N2O3S. The summed E-state index contributed by atoms with van der Waals surface area (Å²) in [7, 11) is -3.77. The first-order valence-corrected chi connectivity index (χ1v) is 8.99. The highest BCUT2D eigenvalue weighted by molar-refractivity contribution is 7.89. The van der Waals surface area contributed by atoms with Crippen LogP contribution in [0.4, 0.5) is 0 Å². The summed E-state index contributed by atoms with van der Waals surface area (Å²) >= 11 is 11.4. The van der Waals surface area contributed by atoms with Gasteiger partial charge in [-0.2, -0.15) is 0 Å². The van der Waals surface area contributed by atoms with Crippen molar-refractivity contribution < 1.29 is 13.5 Å². The lowest BCUT2D eigenvalue weighted by molar-refractivity contribution is -0.00751. The molecule has 1 fully saturated rings. The Hall–Kier alpha value is -0.400. The zero-order valence-corrected chi connectivity index (χ0v) is 14.0. The molecule has 0 aromatic carbocycles. The van der Waals surface area contributed by atoms with Gasteiger partial charge in [-0.05, 0) is 24.8 Å². The van der Waals surface area contributed by atoms with Crippen LogP contribution >= 0.6 is 23.2 Å². The molecule has 2 atom stereocenters. The van der Waals surface area contributed by atoms with Gasteiger partial charge in [-0.15, -0.1) is 0 Å². The third-order valence-corrected chi connectivity index (χ3v) is 5.79. The Labute approximate surface area is 134 Å². The molecular weight excluding hydrogens is 335 g/mol. The monoisotopic (exact) mass is 352 g/mol. The molecule has 0 aliphatic heterocycles. The zero-order valence-electron chi connectivity index (χ0n) is 11.6. The number of aromatic nitrogens is 1. The van der Waals surface area contributed by atoms with Gasteiger partial charge < -0.3 is 5.11 Å². The normalized spacial score (nSPS) is 26.8. The first kappa shape index (κ1) is 17.0. The summed E-state index contributed by atoms with van der Waals surface area (Å²) in [6.07, 6.45) is 4.29. The van der Waals surface area contributed by atoms with Gasteiger partial charge >= 0.3 is 0 Å². The number of sulfonamides is 1. The fourth-order valence-electron chi connectivity index (χ4n) is 2.66. The highest BCUT2D eigenvalue weighted by Crippen LogP contribution is 2.32. The van der Waals surface area contributed by atoms with Gasteiger partial charge in [-0.25, -0.2) is 18.1 Å². The van der Waals surface area contributed by atoms with E-state index in [-0.39, 0.29) is 21.6 Å². The van der Waals surface area contributed by atoms with E-state index in [2.05, 4.69) is 16.6 Å². The van der Waals surface area contributed by atoms with Crippen LogP contribution < -0.4 is 4.72 Å². The number of nitrogens with zero attached hydrogens (tertiary/aromatic N) is 1. The number of hydrogen-bond acceptors (Lipinski definition) is 4. The molecule has 0 saturated heterocycles. The Morgan fingerprint density at radius 1 is 1.52 bits per heavy atom. The van der Waals surface area contributed by atoms with Gasteiger partial charge in [0.2, 0.25) is 10.0 Å². The fourth-order valence-corrected chi connectivity index (χ4v) is 4.08. The summed E-state index contributed by atoms with van der Waals surface area (Å²) in [5.41, 5.74) is -0.992. The van der Waals surface area contributed by atoms with Crippen molar-refractivity contribution in [3.63, 3.8) is 0 Å². The van der Waals surface area contributed by atoms with Crippen LogP contribution in [0.1, 0.15) is 32.6 Å². The molecule has 1 heterocycles. The Kier molecular flexibility index (Phi) is 5.15. The van der Waals surface area contributed by atoms with Crippen molar-refractivity contribution in [2.75, 3.05) is 6.54 Å². The standard InChI is InChI=1S/C13H18Cl2N2O3S/c1-9-3-2-4-13(18,6-9)8-17-21(19,20)10-5-11(14)12(15)16-7-10/h5,7,9,17-18H,2-4,6,8H2,1H3. The molecule has 2 unspecified atom stereocenters. The lowest BCUT2D eigenvalue weighted by Gasteiger charge is -2.35. The Balaban J connectivity index is 2.09. The van der Waals surface area contributed by atoms with Crippen LogP contribution in [-0.4, -0.2) is 30.7 Å². The van der Waals surface area contributed by atoms with Crippen LogP contribution in [0.5, 0.6) is 0 Å². The van der Waals surface area contributed by atoms with Crippen LogP contribution in [-0.2, 0) is 10.0 Å². The van der Waals surface area contributed by atoms with E-state index in [1.54, 1.807) is 0 Å².